The molecule has 0 aliphatic carbocycles. The first-order chi connectivity index (χ1) is 12.0. The normalized spacial score (nSPS) is 29.7. The van der Waals surface area contributed by atoms with Gasteiger partial charge < -0.3 is 29.9 Å². The van der Waals surface area contributed by atoms with Crippen LogP contribution in [0, 0.1) is 0 Å². The molecule has 0 radical (unpaired) electrons. The Kier molecular flexibility index (Phi) is 11.2. The summed E-state index contributed by atoms with van der Waals surface area (Å²) in [7, 11) is 0. The second-order valence-corrected chi connectivity index (χ2v) is 6.79. The van der Waals surface area contributed by atoms with Crippen LogP contribution in [-0.4, -0.2) is 63.7 Å². The van der Waals surface area contributed by atoms with Gasteiger partial charge in [-0.1, -0.05) is 64.7 Å². The van der Waals surface area contributed by atoms with Crippen molar-refractivity contribution in [3.8, 4) is 0 Å². The van der Waals surface area contributed by atoms with Crippen molar-refractivity contribution >= 4 is 5.97 Å². The number of carbonyl (C=O) groups is 1. The second-order valence-electron chi connectivity index (χ2n) is 6.79. The average Bonchev–Trinajstić information content (AvgIpc) is 2.59. The van der Waals surface area contributed by atoms with Gasteiger partial charge in [0.25, 0.3) is 0 Å². The number of carboxylic acids is 1. The number of ether oxygens (including phenoxy) is 2. The maximum absolute atomic E-state index is 11.0. The highest BCUT2D eigenvalue weighted by Gasteiger charge is 2.47. The van der Waals surface area contributed by atoms with E-state index in [1.165, 1.54) is 44.9 Å². The van der Waals surface area contributed by atoms with E-state index in [1.54, 1.807) is 0 Å². The third-order valence-electron chi connectivity index (χ3n) is 4.59. The van der Waals surface area contributed by atoms with E-state index in [0.717, 1.165) is 19.3 Å². The van der Waals surface area contributed by atoms with Crippen molar-refractivity contribution in [1.29, 1.82) is 0 Å². The lowest BCUT2D eigenvalue weighted by Gasteiger charge is -2.38. The van der Waals surface area contributed by atoms with Gasteiger partial charge in [0.05, 0.1) is 0 Å². The zero-order chi connectivity index (χ0) is 18.7. The van der Waals surface area contributed by atoms with Crippen LogP contribution in [-0.2, 0) is 14.3 Å². The molecule has 1 fully saturated rings. The highest BCUT2D eigenvalue weighted by Crippen LogP contribution is 2.22. The van der Waals surface area contributed by atoms with Gasteiger partial charge in [-0.25, -0.2) is 4.79 Å². The molecule has 0 aromatic carbocycles. The van der Waals surface area contributed by atoms with Crippen LogP contribution in [0.4, 0.5) is 0 Å². The third kappa shape index (κ3) is 8.00. The molecule has 0 spiro atoms. The molecule has 0 aromatic rings. The molecule has 1 unspecified atom stereocenters. The molecule has 7 heteroatoms. The maximum Gasteiger partial charge on any atom is 0.335 e. The summed E-state index contributed by atoms with van der Waals surface area (Å²) >= 11 is 0. The van der Waals surface area contributed by atoms with E-state index in [-0.39, 0.29) is 0 Å². The van der Waals surface area contributed by atoms with E-state index in [2.05, 4.69) is 6.92 Å². The summed E-state index contributed by atoms with van der Waals surface area (Å²) in [4.78, 5) is 11.0. The fourth-order valence-electron chi connectivity index (χ4n) is 2.98. The highest BCUT2D eigenvalue weighted by atomic mass is 16.7. The summed E-state index contributed by atoms with van der Waals surface area (Å²) < 4.78 is 10.4. The van der Waals surface area contributed by atoms with Crippen LogP contribution in [0.5, 0.6) is 0 Å². The monoisotopic (exact) mass is 362 g/mol. The van der Waals surface area contributed by atoms with Crippen LogP contribution >= 0.6 is 0 Å². The van der Waals surface area contributed by atoms with Gasteiger partial charge in [0.2, 0.25) is 0 Å². The summed E-state index contributed by atoms with van der Waals surface area (Å²) in [6, 6.07) is 0. The van der Waals surface area contributed by atoms with Crippen LogP contribution < -0.4 is 0 Å². The van der Waals surface area contributed by atoms with Gasteiger partial charge in [-0.05, 0) is 6.42 Å². The lowest BCUT2D eigenvalue weighted by atomic mass is 9.99. The van der Waals surface area contributed by atoms with E-state index >= 15 is 0 Å². The van der Waals surface area contributed by atoms with Gasteiger partial charge in [-0.3, -0.25) is 0 Å². The number of carboxylic acid groups (broad SMARTS) is 1. The van der Waals surface area contributed by atoms with E-state index < -0.39 is 36.7 Å². The summed E-state index contributed by atoms with van der Waals surface area (Å²) in [6.45, 7) is 2.53. The zero-order valence-electron chi connectivity index (χ0n) is 15.2. The molecule has 1 aliphatic heterocycles. The SMILES string of the molecule is CCCCCCCCCCCCOC1O[C@H](C(=O)O)[C@H](O)[C@H](O)[C@H]1O. The Labute approximate surface area is 150 Å². The summed E-state index contributed by atoms with van der Waals surface area (Å²) in [5.41, 5.74) is 0. The van der Waals surface area contributed by atoms with Crippen molar-refractivity contribution in [2.75, 3.05) is 6.61 Å². The molecule has 25 heavy (non-hydrogen) atoms. The molecule has 1 rings (SSSR count). The molecule has 5 atom stereocenters. The van der Waals surface area contributed by atoms with Crippen LogP contribution in [0.25, 0.3) is 0 Å². The molecule has 1 aliphatic rings. The Morgan fingerprint density at radius 1 is 0.840 bits per heavy atom. The van der Waals surface area contributed by atoms with Crippen LogP contribution in [0.15, 0.2) is 0 Å². The smallest absolute Gasteiger partial charge is 0.335 e. The molecule has 4 N–H and O–H groups in total. The average molecular weight is 362 g/mol. The molecule has 7 nitrogen and oxygen atoms in total. The predicted molar refractivity (Wildman–Crippen MR) is 92.1 cm³/mol. The van der Waals surface area contributed by atoms with Crippen LogP contribution in [0.3, 0.4) is 0 Å². The van der Waals surface area contributed by atoms with Crippen molar-refractivity contribution in [2.45, 2.75) is 102 Å². The number of hydrogen-bond acceptors (Lipinski definition) is 6. The zero-order valence-corrected chi connectivity index (χ0v) is 15.2. The van der Waals surface area contributed by atoms with Gasteiger partial charge in [0.15, 0.2) is 12.4 Å². The van der Waals surface area contributed by atoms with Crippen molar-refractivity contribution in [3.05, 3.63) is 0 Å². The number of aliphatic hydroxyl groups excluding tert-OH is 3. The van der Waals surface area contributed by atoms with Crippen molar-refractivity contribution in [3.63, 3.8) is 0 Å². The van der Waals surface area contributed by atoms with Gasteiger partial charge in [-0.2, -0.15) is 0 Å². The minimum Gasteiger partial charge on any atom is -0.479 e. The molecule has 0 aromatic heterocycles. The number of aliphatic carboxylic acids is 1. The van der Waals surface area contributed by atoms with E-state index in [0.29, 0.717) is 6.61 Å². The number of unbranched alkanes of at least 4 members (excludes halogenated alkanes) is 9. The van der Waals surface area contributed by atoms with Gasteiger partial charge in [-0.15, -0.1) is 0 Å². The third-order valence-corrected chi connectivity index (χ3v) is 4.59. The number of rotatable bonds is 13. The van der Waals surface area contributed by atoms with Crippen molar-refractivity contribution in [2.24, 2.45) is 0 Å². The molecule has 1 heterocycles. The lowest BCUT2D eigenvalue weighted by Crippen LogP contribution is -2.60. The fourth-order valence-corrected chi connectivity index (χ4v) is 2.98. The minimum absolute atomic E-state index is 0.313. The largest absolute Gasteiger partial charge is 0.479 e. The van der Waals surface area contributed by atoms with Gasteiger partial charge in [0.1, 0.15) is 18.3 Å². The van der Waals surface area contributed by atoms with Crippen molar-refractivity contribution < 1.29 is 34.7 Å². The second kappa shape index (κ2) is 12.6. The summed E-state index contributed by atoms with van der Waals surface area (Å²) in [5, 5.41) is 38.0. The lowest BCUT2D eigenvalue weighted by molar-refractivity contribution is -0.294. The maximum atomic E-state index is 11.0. The van der Waals surface area contributed by atoms with E-state index in [1.807, 2.05) is 0 Å². The molecule has 0 bridgehead atoms. The predicted octanol–water partition coefficient (Wildman–Crippen LogP) is 1.82. The standard InChI is InChI=1S/C18H34O7/c1-2-3-4-5-6-7-8-9-10-11-12-24-18-15(21)13(19)14(20)16(25-18)17(22)23/h13-16,18-21H,2-12H2,1H3,(H,22,23)/t13-,14+,15+,16-,18?/m0/s1. The first kappa shape index (κ1) is 22.3. The Balaban J connectivity index is 2.10. The van der Waals surface area contributed by atoms with Crippen LogP contribution in [0.2, 0.25) is 0 Å². The fraction of sp³-hybridized carbons (Fsp3) is 0.944. The quantitative estimate of drug-likeness (QED) is 0.369. The molecule has 0 saturated carbocycles. The molecular formula is C18H34O7. The summed E-state index contributed by atoms with van der Waals surface area (Å²) in [5.74, 6) is -1.40. The molecular weight excluding hydrogens is 328 g/mol. The Hall–Kier alpha value is -0.730. The van der Waals surface area contributed by atoms with Crippen molar-refractivity contribution in [1.82, 2.24) is 0 Å². The van der Waals surface area contributed by atoms with Gasteiger partial charge in [0, 0.05) is 6.61 Å². The molecule has 0 amide bonds. The first-order valence-corrected chi connectivity index (χ1v) is 9.53. The summed E-state index contributed by atoms with van der Waals surface area (Å²) in [6.07, 6.45) is 4.26. The van der Waals surface area contributed by atoms with E-state index in [4.69, 9.17) is 14.6 Å². The van der Waals surface area contributed by atoms with Crippen LogP contribution in [0.1, 0.15) is 71.1 Å². The Morgan fingerprint density at radius 2 is 1.36 bits per heavy atom. The van der Waals surface area contributed by atoms with Gasteiger partial charge >= 0.3 is 5.97 Å². The van der Waals surface area contributed by atoms with E-state index in [9.17, 15) is 20.1 Å². The minimum atomic E-state index is -1.68. The Bertz CT molecular complexity index is 363. The molecule has 148 valence electrons. The number of aliphatic hydroxyl groups is 3. The number of hydrogen-bond donors (Lipinski definition) is 4. The molecule has 1 saturated heterocycles. The topological polar surface area (TPSA) is 116 Å². The first-order valence-electron chi connectivity index (χ1n) is 9.53. The Morgan fingerprint density at radius 3 is 1.88 bits per heavy atom. The highest BCUT2D eigenvalue weighted by molar-refractivity contribution is 5.73.